The van der Waals surface area contributed by atoms with Crippen LogP contribution in [0.1, 0.15) is 0 Å². The molecule has 1 heterocycles. The molecule has 3 rings (SSSR count). The largest absolute Gasteiger partial charge is 0.280 e. The number of halogens is 3. The average Bonchev–Trinajstić information content (AvgIpc) is 2.52. The molecule has 0 radical (unpaired) electrons. The van der Waals surface area contributed by atoms with Crippen molar-refractivity contribution in [3.8, 4) is 0 Å². The van der Waals surface area contributed by atoms with Gasteiger partial charge < -0.3 is 0 Å². The molecule has 0 amide bonds. The number of nitrogens with one attached hydrogen (secondary N) is 1. The number of nitrogens with zero attached hydrogens (tertiary/aromatic N) is 1. The molecule has 0 spiro atoms. The van der Waals surface area contributed by atoms with Gasteiger partial charge in [-0.1, -0.05) is 6.07 Å². The Bertz CT molecular complexity index is 1010. The Labute approximate surface area is 129 Å². The van der Waals surface area contributed by atoms with Gasteiger partial charge in [-0.2, -0.15) is 0 Å². The molecule has 8 heteroatoms. The van der Waals surface area contributed by atoms with Gasteiger partial charge in [0.2, 0.25) is 0 Å². The van der Waals surface area contributed by atoms with E-state index in [4.69, 9.17) is 0 Å². The van der Waals surface area contributed by atoms with Gasteiger partial charge in [0, 0.05) is 17.3 Å². The summed E-state index contributed by atoms with van der Waals surface area (Å²) in [6.45, 7) is 0. The summed E-state index contributed by atoms with van der Waals surface area (Å²) < 4.78 is 66.3. The molecule has 1 aromatic heterocycles. The third-order valence-corrected chi connectivity index (χ3v) is 4.54. The Balaban J connectivity index is 2.01. The van der Waals surface area contributed by atoms with Crippen molar-refractivity contribution < 1.29 is 21.6 Å². The molecule has 3 aromatic rings. The van der Waals surface area contributed by atoms with E-state index in [0.29, 0.717) is 23.0 Å². The maximum absolute atomic E-state index is 13.7. The molecule has 0 fully saturated rings. The molecule has 0 saturated heterocycles. The lowest BCUT2D eigenvalue weighted by Gasteiger charge is -2.10. The van der Waals surface area contributed by atoms with Gasteiger partial charge in [0.1, 0.15) is 4.90 Å². The lowest BCUT2D eigenvalue weighted by molar-refractivity contribution is 0.432. The van der Waals surface area contributed by atoms with Crippen molar-refractivity contribution in [1.29, 1.82) is 0 Å². The van der Waals surface area contributed by atoms with Gasteiger partial charge in [0.15, 0.2) is 17.5 Å². The monoisotopic (exact) mass is 338 g/mol. The number of benzene rings is 2. The minimum Gasteiger partial charge on any atom is -0.280 e. The number of aromatic nitrogens is 1. The van der Waals surface area contributed by atoms with E-state index >= 15 is 0 Å². The van der Waals surface area contributed by atoms with Gasteiger partial charge in [-0.15, -0.1) is 0 Å². The second-order valence-electron chi connectivity index (χ2n) is 4.69. The van der Waals surface area contributed by atoms with Crippen molar-refractivity contribution in [1.82, 2.24) is 4.98 Å². The molecule has 0 aliphatic carbocycles. The summed E-state index contributed by atoms with van der Waals surface area (Å²) in [5.41, 5.74) is 0.795. The minimum absolute atomic E-state index is 0.148. The van der Waals surface area contributed by atoms with Gasteiger partial charge in [0.25, 0.3) is 10.0 Å². The predicted octanol–water partition coefficient (Wildman–Crippen LogP) is 3.45. The fourth-order valence-corrected chi connectivity index (χ4v) is 3.18. The second-order valence-corrected chi connectivity index (χ2v) is 6.34. The van der Waals surface area contributed by atoms with Gasteiger partial charge >= 0.3 is 0 Å². The first kappa shape index (κ1) is 15.3. The highest BCUT2D eigenvalue weighted by molar-refractivity contribution is 7.92. The number of hydrogen-bond donors (Lipinski definition) is 1. The molecule has 0 aliphatic heterocycles. The van der Waals surface area contributed by atoms with Crippen molar-refractivity contribution >= 4 is 26.6 Å². The van der Waals surface area contributed by atoms with E-state index in [9.17, 15) is 21.6 Å². The van der Waals surface area contributed by atoms with E-state index in [-0.39, 0.29) is 5.69 Å². The first-order chi connectivity index (χ1) is 10.9. The van der Waals surface area contributed by atoms with E-state index in [1.165, 1.54) is 12.1 Å². The Morgan fingerprint density at radius 2 is 1.74 bits per heavy atom. The molecule has 0 atom stereocenters. The predicted molar refractivity (Wildman–Crippen MR) is 78.9 cm³/mol. The van der Waals surface area contributed by atoms with Crippen LogP contribution >= 0.6 is 0 Å². The van der Waals surface area contributed by atoms with Crippen molar-refractivity contribution in [2.75, 3.05) is 4.72 Å². The number of rotatable bonds is 3. The van der Waals surface area contributed by atoms with Crippen LogP contribution < -0.4 is 4.72 Å². The molecule has 0 saturated carbocycles. The van der Waals surface area contributed by atoms with Crippen molar-refractivity contribution in [3.05, 3.63) is 66.1 Å². The van der Waals surface area contributed by atoms with Gasteiger partial charge in [-0.3, -0.25) is 9.71 Å². The van der Waals surface area contributed by atoms with Crippen LogP contribution in [-0.2, 0) is 10.0 Å². The molecular weight excluding hydrogens is 329 g/mol. The maximum atomic E-state index is 13.7. The highest BCUT2D eigenvalue weighted by atomic mass is 32.2. The summed E-state index contributed by atoms with van der Waals surface area (Å²) in [6.07, 6.45) is 1.59. The van der Waals surface area contributed by atoms with Crippen LogP contribution in [0.5, 0.6) is 0 Å². The summed E-state index contributed by atoms with van der Waals surface area (Å²) in [5.74, 6) is -5.06. The minimum atomic E-state index is -4.40. The second kappa shape index (κ2) is 5.54. The third kappa shape index (κ3) is 2.85. The fourth-order valence-electron chi connectivity index (χ4n) is 2.06. The van der Waals surface area contributed by atoms with E-state index in [0.717, 1.165) is 0 Å². The third-order valence-electron chi connectivity index (χ3n) is 3.14. The van der Waals surface area contributed by atoms with Crippen molar-refractivity contribution in [2.24, 2.45) is 0 Å². The number of hydrogen-bond acceptors (Lipinski definition) is 3. The number of sulfonamides is 1. The Kier molecular flexibility index (Phi) is 3.69. The molecule has 4 nitrogen and oxygen atoms in total. The molecule has 0 aliphatic rings. The van der Waals surface area contributed by atoms with Crippen LogP contribution in [0.15, 0.2) is 53.6 Å². The summed E-state index contributed by atoms with van der Waals surface area (Å²) in [4.78, 5) is 3.11. The van der Waals surface area contributed by atoms with Crippen LogP contribution in [0.2, 0.25) is 0 Å². The summed E-state index contributed by atoms with van der Waals surface area (Å²) in [7, 11) is -4.40. The smallest absolute Gasteiger partial charge is 0.264 e. The standard InChI is InChI=1S/C15H9F3N2O2S/c16-11-4-6-13(15(18)14(11)17)23(21,22)20-10-3-5-12-9(8-10)2-1-7-19-12/h1-8,20H. The Morgan fingerprint density at radius 3 is 2.52 bits per heavy atom. The van der Waals surface area contributed by atoms with Crippen molar-refractivity contribution in [3.63, 3.8) is 0 Å². The lowest BCUT2D eigenvalue weighted by atomic mass is 10.2. The highest BCUT2D eigenvalue weighted by Gasteiger charge is 2.24. The zero-order valence-electron chi connectivity index (χ0n) is 11.4. The van der Waals surface area contributed by atoms with Crippen LogP contribution in [-0.4, -0.2) is 13.4 Å². The average molecular weight is 338 g/mol. The molecule has 0 unspecified atom stereocenters. The van der Waals surface area contributed by atoms with Crippen LogP contribution in [0.4, 0.5) is 18.9 Å². The quantitative estimate of drug-likeness (QED) is 0.744. The first-order valence-corrected chi connectivity index (χ1v) is 7.88. The molecular formula is C15H9F3N2O2S. The van der Waals surface area contributed by atoms with Crippen LogP contribution in [0.25, 0.3) is 10.9 Å². The zero-order valence-corrected chi connectivity index (χ0v) is 12.2. The van der Waals surface area contributed by atoms with E-state index in [1.807, 2.05) is 0 Å². The van der Waals surface area contributed by atoms with E-state index in [2.05, 4.69) is 9.71 Å². The number of anilines is 1. The maximum Gasteiger partial charge on any atom is 0.264 e. The number of fused-ring (bicyclic) bond motifs is 1. The topological polar surface area (TPSA) is 59.1 Å². The number of pyridine rings is 1. The first-order valence-electron chi connectivity index (χ1n) is 6.39. The lowest BCUT2D eigenvalue weighted by Crippen LogP contribution is -2.15. The summed E-state index contributed by atoms with van der Waals surface area (Å²) in [5, 5.41) is 0.665. The summed E-state index contributed by atoms with van der Waals surface area (Å²) in [6, 6.07) is 9.13. The molecule has 118 valence electrons. The summed E-state index contributed by atoms with van der Waals surface area (Å²) >= 11 is 0. The Hall–Kier alpha value is -2.61. The van der Waals surface area contributed by atoms with Gasteiger partial charge in [-0.05, 0) is 36.4 Å². The van der Waals surface area contributed by atoms with Gasteiger partial charge in [0.05, 0.1) is 5.52 Å². The Morgan fingerprint density at radius 1 is 0.957 bits per heavy atom. The van der Waals surface area contributed by atoms with Gasteiger partial charge in [-0.25, -0.2) is 21.6 Å². The fraction of sp³-hybridized carbons (Fsp3) is 0. The molecule has 1 N–H and O–H groups in total. The van der Waals surface area contributed by atoms with Crippen LogP contribution in [0.3, 0.4) is 0 Å². The molecule has 23 heavy (non-hydrogen) atoms. The normalized spacial score (nSPS) is 11.6. The van der Waals surface area contributed by atoms with E-state index in [1.54, 1.807) is 24.4 Å². The highest BCUT2D eigenvalue weighted by Crippen LogP contribution is 2.24. The molecule has 0 bridgehead atoms. The SMILES string of the molecule is O=S(=O)(Nc1ccc2ncccc2c1)c1ccc(F)c(F)c1F. The van der Waals surface area contributed by atoms with Crippen LogP contribution in [0, 0.1) is 17.5 Å². The zero-order chi connectivity index (χ0) is 16.6. The molecule has 2 aromatic carbocycles. The van der Waals surface area contributed by atoms with E-state index < -0.39 is 32.4 Å². The van der Waals surface area contributed by atoms with Crippen molar-refractivity contribution in [2.45, 2.75) is 4.90 Å².